The second-order valence-corrected chi connectivity index (χ2v) is 1.16. The second kappa shape index (κ2) is 8.89. The third-order valence-corrected chi connectivity index (χ3v) is 0. The minimum absolute atomic E-state index is 0. The third kappa shape index (κ3) is 10.8. The van der Waals surface area contributed by atoms with Crippen LogP contribution >= 0.6 is 7.36 Å². The molecule has 0 aliphatic rings. The van der Waals surface area contributed by atoms with Crippen molar-refractivity contribution in [2.45, 2.75) is 0 Å². The topological polar surface area (TPSA) is 0 Å². The Labute approximate surface area is 46.5 Å². The molecule has 3 heteroatoms. The van der Waals surface area contributed by atoms with Crippen LogP contribution in [0.25, 0.3) is 0 Å². The molecule has 0 aromatic heterocycles. The monoisotopic (exact) mass is 183 g/mol. The number of hydrogen-bond acceptors (Lipinski definition) is 1. The van der Waals surface area contributed by atoms with E-state index in [0.29, 0.717) is 0 Å². The average molecular weight is 183 g/mol. The van der Waals surface area contributed by atoms with Gasteiger partial charge in [-0.05, 0) is 0 Å². The van der Waals surface area contributed by atoms with Crippen molar-refractivity contribution in [3.8, 4) is 0 Å². The van der Waals surface area contributed by atoms with E-state index < -0.39 is 0 Å². The summed E-state index contributed by atoms with van der Waals surface area (Å²) >= 11 is 4.25. The maximum atomic E-state index is 4.25. The minimum atomic E-state index is 0. The summed E-state index contributed by atoms with van der Waals surface area (Å²) in [5.74, 6) is 0. The molecule has 0 heterocycles. The van der Waals surface area contributed by atoms with Gasteiger partial charge in [0.1, 0.15) is 0 Å². The van der Waals surface area contributed by atoms with Crippen LogP contribution in [0.1, 0.15) is 0 Å². The van der Waals surface area contributed by atoms with Crippen LogP contribution in [0.5, 0.6) is 0 Å². The molecule has 0 unspecified atom stereocenters. The Hall–Kier alpha value is 1.18. The zero-order chi connectivity index (χ0) is 2.71. The first-order chi connectivity index (χ1) is 1.41. The van der Waals surface area contributed by atoms with Gasteiger partial charge in [-0.2, -0.15) is 0 Å². The summed E-state index contributed by atoms with van der Waals surface area (Å²) in [6, 6.07) is 0. The van der Waals surface area contributed by atoms with Crippen molar-refractivity contribution in [3.05, 3.63) is 6.66 Å². The van der Waals surface area contributed by atoms with E-state index in [2.05, 4.69) is 18.5 Å². The Morgan fingerprint density at radius 3 is 1.75 bits per heavy atom. The predicted molar refractivity (Wildman–Crippen MR) is 19.6 cm³/mol. The zero-order valence-corrected chi connectivity index (χ0v) is 5.14. The first-order valence-electron chi connectivity index (χ1n) is 0.499. The van der Waals surface area contributed by atoms with Crippen molar-refractivity contribution in [2.75, 3.05) is 0 Å². The summed E-state index contributed by atoms with van der Waals surface area (Å²) in [5.41, 5.74) is 0. The van der Waals surface area contributed by atoms with Gasteiger partial charge in [0.25, 0.3) is 0 Å². The molecule has 0 radical (unpaired) electrons. The number of hydrogen-bond donors (Lipinski definition) is 0. The molecule has 0 saturated heterocycles. The van der Waals surface area contributed by atoms with Gasteiger partial charge in [0.15, 0.2) is 0 Å². The molecule has 0 spiro atoms. The molecule has 0 N–H and O–H groups in total. The molecule has 0 fully saturated rings. The average Bonchev–Trinajstić information content (AvgIpc) is 0.918. The molecular formula is CH2PPdS-. The van der Waals surface area contributed by atoms with E-state index in [1.165, 1.54) is 0 Å². The fourth-order valence-electron chi connectivity index (χ4n) is 0. The normalized spacial score (nSPS) is 5.25. The van der Waals surface area contributed by atoms with Crippen molar-refractivity contribution < 1.29 is 20.4 Å². The van der Waals surface area contributed by atoms with Gasteiger partial charge in [0.2, 0.25) is 0 Å². The summed E-state index contributed by atoms with van der Waals surface area (Å²) in [4.78, 5) is 0. The van der Waals surface area contributed by atoms with Crippen molar-refractivity contribution in [1.82, 2.24) is 0 Å². The Bertz CT molecular complexity index is 15.5. The summed E-state index contributed by atoms with van der Waals surface area (Å²) in [5, 5.41) is 0. The second-order valence-electron chi connectivity index (χ2n) is 0.129. The van der Waals surface area contributed by atoms with Crippen molar-refractivity contribution in [3.63, 3.8) is 0 Å². The van der Waals surface area contributed by atoms with Crippen LogP contribution in [-0.2, 0) is 32.2 Å². The summed E-state index contributed by atoms with van der Waals surface area (Å²) in [7, 11) is 0.750. The first-order valence-corrected chi connectivity index (χ1v) is 2.59. The third-order valence-electron chi connectivity index (χ3n) is 0. The SMILES string of the molecule is [CH2-]P=S.[Pd]. The van der Waals surface area contributed by atoms with Crippen LogP contribution in [-0.4, -0.2) is 0 Å². The smallest absolute Gasteiger partial charge is 0 e. The standard InChI is InChI=1S/CH2PS.Pd/c1-2-3;/h1H2;/q-1;. The molecule has 0 rings (SSSR count). The van der Waals surface area contributed by atoms with Crippen molar-refractivity contribution in [2.24, 2.45) is 0 Å². The van der Waals surface area contributed by atoms with E-state index in [1.807, 2.05) is 0 Å². The van der Waals surface area contributed by atoms with E-state index in [-0.39, 0.29) is 20.4 Å². The van der Waals surface area contributed by atoms with E-state index in [9.17, 15) is 0 Å². The Balaban J connectivity index is 0. The molecular weight excluding hydrogens is 181 g/mol. The molecule has 0 nitrogen and oxygen atoms in total. The van der Waals surface area contributed by atoms with E-state index in [4.69, 9.17) is 0 Å². The van der Waals surface area contributed by atoms with Gasteiger partial charge < -0.3 is 0 Å². The van der Waals surface area contributed by atoms with E-state index in [1.54, 1.807) is 0 Å². The molecule has 0 aliphatic carbocycles. The predicted octanol–water partition coefficient (Wildman–Crippen LogP) is 1.18. The fraction of sp³-hybridized carbons (Fsp3) is 0. The molecule has 0 amide bonds. The molecule has 0 aromatic carbocycles. The van der Waals surface area contributed by atoms with Crippen LogP contribution in [0.15, 0.2) is 0 Å². The van der Waals surface area contributed by atoms with Gasteiger partial charge in [0.05, 0.1) is 0 Å². The Kier molecular flexibility index (Phi) is 19.9. The zero-order valence-electron chi connectivity index (χ0n) is 1.88. The molecule has 28 valence electrons. The molecule has 4 heavy (non-hydrogen) atoms. The molecule has 0 atom stereocenters. The molecule has 0 aromatic rings. The van der Waals surface area contributed by atoms with E-state index >= 15 is 0 Å². The largest absolute Gasteiger partial charge is 0.282 e. The van der Waals surface area contributed by atoms with Crippen LogP contribution in [0.3, 0.4) is 0 Å². The maximum Gasteiger partial charge on any atom is 0 e. The van der Waals surface area contributed by atoms with Gasteiger partial charge >= 0.3 is 0 Å². The van der Waals surface area contributed by atoms with Crippen LogP contribution in [0, 0.1) is 6.66 Å². The minimum Gasteiger partial charge on any atom is -0.282 e. The Morgan fingerprint density at radius 1 is 1.75 bits per heavy atom. The summed E-state index contributed by atoms with van der Waals surface area (Å²) in [6.45, 7) is 3.27. The van der Waals surface area contributed by atoms with Crippen LogP contribution in [0.2, 0.25) is 0 Å². The van der Waals surface area contributed by atoms with Gasteiger partial charge in [-0.3, -0.25) is 6.66 Å². The van der Waals surface area contributed by atoms with Gasteiger partial charge in [0, 0.05) is 20.4 Å². The summed E-state index contributed by atoms with van der Waals surface area (Å²) < 4.78 is 0. The maximum absolute atomic E-state index is 4.25. The molecule has 0 saturated carbocycles. The van der Waals surface area contributed by atoms with Crippen LogP contribution < -0.4 is 0 Å². The quantitative estimate of drug-likeness (QED) is 0.309. The van der Waals surface area contributed by atoms with Crippen molar-refractivity contribution >= 4 is 19.2 Å². The molecule has 0 bridgehead atoms. The van der Waals surface area contributed by atoms with Crippen LogP contribution in [0.4, 0.5) is 0 Å². The van der Waals surface area contributed by atoms with Gasteiger partial charge in [-0.1, -0.05) is 11.8 Å². The van der Waals surface area contributed by atoms with Crippen molar-refractivity contribution in [1.29, 1.82) is 0 Å². The fourth-order valence-corrected chi connectivity index (χ4v) is 0. The Morgan fingerprint density at radius 2 is 1.75 bits per heavy atom. The van der Waals surface area contributed by atoms with Gasteiger partial charge in [-0.15, -0.1) is 0 Å². The van der Waals surface area contributed by atoms with E-state index in [0.717, 1.165) is 7.36 Å². The number of rotatable bonds is 0. The first kappa shape index (κ1) is 8.95. The summed E-state index contributed by atoms with van der Waals surface area (Å²) in [6.07, 6.45) is 0. The van der Waals surface area contributed by atoms with Gasteiger partial charge in [-0.25, -0.2) is 7.36 Å². The molecule has 0 aliphatic heterocycles.